The Bertz CT molecular complexity index is 1390. The Kier molecular flexibility index (Phi) is 12.9. The van der Waals surface area contributed by atoms with Crippen molar-refractivity contribution in [1.82, 2.24) is 10.6 Å². The van der Waals surface area contributed by atoms with Crippen molar-refractivity contribution >= 4 is 52.1 Å². The summed E-state index contributed by atoms with van der Waals surface area (Å²) in [5.41, 5.74) is 3.86. The molecule has 228 valence electrons. The van der Waals surface area contributed by atoms with Crippen LogP contribution in [0.4, 0.5) is 0 Å². The Morgan fingerprint density at radius 3 is 1.52 bits per heavy atom. The molecule has 0 saturated carbocycles. The number of carbonyl (C=O) groups excluding carboxylic acids is 3. The van der Waals surface area contributed by atoms with E-state index in [1.165, 1.54) is 0 Å². The Hall–Kier alpha value is -3.63. The van der Waals surface area contributed by atoms with Crippen LogP contribution in [0.15, 0.2) is 121 Å². The molecule has 0 fully saturated rings. The molecular formula is C36H37IN2O4S. The van der Waals surface area contributed by atoms with Gasteiger partial charge in [-0.1, -0.05) is 158 Å². The van der Waals surface area contributed by atoms with E-state index in [-0.39, 0.29) is 21.5 Å². The number of ether oxygens (including phenoxy) is 1. The zero-order valence-corrected chi connectivity index (χ0v) is 27.7. The summed E-state index contributed by atoms with van der Waals surface area (Å²) in [5, 5.41) is 5.73. The minimum Gasteiger partial charge on any atom is -0.451 e. The minimum absolute atomic E-state index is 0.0485. The highest BCUT2D eigenvalue weighted by Gasteiger charge is 2.32. The maximum Gasteiger partial charge on any atom is 0.329 e. The normalized spacial score (nSPS) is 12.5. The van der Waals surface area contributed by atoms with E-state index in [1.807, 2.05) is 134 Å². The quantitative estimate of drug-likeness (QED) is 0.0842. The molecule has 4 rings (SSSR count). The first-order valence-corrected chi connectivity index (χ1v) is 17.1. The van der Waals surface area contributed by atoms with E-state index >= 15 is 0 Å². The summed E-state index contributed by atoms with van der Waals surface area (Å²) in [4.78, 5) is 40.0. The van der Waals surface area contributed by atoms with Crippen LogP contribution in [-0.2, 0) is 19.1 Å². The van der Waals surface area contributed by atoms with Crippen LogP contribution >= 0.6 is 34.4 Å². The van der Waals surface area contributed by atoms with Crippen LogP contribution in [0, 0.1) is 5.92 Å². The topological polar surface area (TPSA) is 84.5 Å². The molecule has 2 atom stereocenters. The van der Waals surface area contributed by atoms with Crippen LogP contribution in [0.5, 0.6) is 0 Å². The van der Waals surface area contributed by atoms with Crippen molar-refractivity contribution in [2.75, 3.05) is 10.2 Å². The molecule has 0 unspecified atom stereocenters. The predicted molar refractivity (Wildman–Crippen MR) is 186 cm³/mol. The van der Waals surface area contributed by atoms with Gasteiger partial charge in [-0.3, -0.25) is 9.59 Å². The second-order valence-corrected chi connectivity index (χ2v) is 12.6. The third kappa shape index (κ3) is 9.43. The van der Waals surface area contributed by atoms with Crippen LogP contribution in [0.2, 0.25) is 0 Å². The molecule has 2 N–H and O–H groups in total. The summed E-state index contributed by atoms with van der Waals surface area (Å²) in [6.07, 6.45) is -0.634. The molecule has 0 aliphatic carbocycles. The zero-order chi connectivity index (χ0) is 31.3. The standard InChI is InChI=1S/C36H37IN2O4S/c1-25(2)32(36(42)43-33(26-15-7-3-8-16-26)27-17-9-4-10-18-27)39-35(41)30(38-31(40)23-37)24-44-34(28-19-11-5-12-20-28)29-21-13-6-14-22-29/h3-22,25,30,32-34H,23-24H2,1-2H3,(H,38,40)(H,39,41)/t30-,32+/m0/s1. The third-order valence-corrected chi connectivity index (χ3v) is 9.16. The number of rotatable bonds is 14. The number of alkyl halides is 1. The third-order valence-electron chi connectivity index (χ3n) is 7.06. The minimum atomic E-state index is -0.916. The van der Waals surface area contributed by atoms with Gasteiger partial charge in [-0.25, -0.2) is 4.79 Å². The van der Waals surface area contributed by atoms with E-state index in [4.69, 9.17) is 4.74 Å². The number of thioether (sulfide) groups is 1. The number of halogens is 1. The first-order valence-electron chi connectivity index (χ1n) is 14.5. The van der Waals surface area contributed by atoms with E-state index in [2.05, 4.69) is 34.9 Å². The average molecular weight is 721 g/mol. The molecule has 2 amide bonds. The molecule has 44 heavy (non-hydrogen) atoms. The van der Waals surface area contributed by atoms with Gasteiger partial charge < -0.3 is 15.4 Å². The summed E-state index contributed by atoms with van der Waals surface area (Å²) in [6, 6.07) is 37.4. The molecule has 0 heterocycles. The molecule has 8 heteroatoms. The Morgan fingerprint density at radius 2 is 1.11 bits per heavy atom. The molecule has 0 aliphatic rings. The average Bonchev–Trinajstić information content (AvgIpc) is 3.07. The maximum absolute atomic E-state index is 13.8. The van der Waals surface area contributed by atoms with Gasteiger partial charge in [0.25, 0.3) is 0 Å². The smallest absolute Gasteiger partial charge is 0.329 e. The lowest BCUT2D eigenvalue weighted by molar-refractivity contribution is -0.153. The molecular weight excluding hydrogens is 683 g/mol. The van der Waals surface area contributed by atoms with Crippen molar-refractivity contribution in [1.29, 1.82) is 0 Å². The Labute approximate surface area is 277 Å². The summed E-state index contributed by atoms with van der Waals surface area (Å²) < 4.78 is 6.30. The summed E-state index contributed by atoms with van der Waals surface area (Å²) >= 11 is 3.55. The van der Waals surface area contributed by atoms with Gasteiger partial charge >= 0.3 is 5.97 Å². The van der Waals surface area contributed by atoms with Crippen LogP contribution < -0.4 is 10.6 Å². The van der Waals surface area contributed by atoms with E-state index in [9.17, 15) is 14.4 Å². The van der Waals surface area contributed by atoms with Crippen molar-refractivity contribution in [2.45, 2.75) is 37.3 Å². The van der Waals surface area contributed by atoms with Gasteiger partial charge in [-0.15, -0.1) is 11.8 Å². The molecule has 0 radical (unpaired) electrons. The number of hydrogen-bond donors (Lipinski definition) is 2. The first-order chi connectivity index (χ1) is 21.4. The van der Waals surface area contributed by atoms with Gasteiger partial charge in [-0.2, -0.15) is 0 Å². The van der Waals surface area contributed by atoms with Gasteiger partial charge in [-0.05, 0) is 28.2 Å². The molecule has 4 aromatic carbocycles. The second-order valence-electron chi connectivity index (χ2n) is 10.7. The molecule has 0 saturated heterocycles. The number of nitrogens with one attached hydrogen (secondary N) is 2. The van der Waals surface area contributed by atoms with Crippen LogP contribution in [0.25, 0.3) is 0 Å². The van der Waals surface area contributed by atoms with Gasteiger partial charge in [0.05, 0.1) is 9.68 Å². The van der Waals surface area contributed by atoms with Gasteiger partial charge in [0, 0.05) is 5.75 Å². The van der Waals surface area contributed by atoms with Crippen molar-refractivity contribution in [2.24, 2.45) is 5.92 Å². The molecule has 0 spiro atoms. The molecule has 4 aromatic rings. The largest absolute Gasteiger partial charge is 0.451 e. The maximum atomic E-state index is 13.8. The highest BCUT2D eigenvalue weighted by Crippen LogP contribution is 2.36. The monoisotopic (exact) mass is 720 g/mol. The number of carbonyl (C=O) groups is 3. The number of esters is 1. The summed E-state index contributed by atoms with van der Waals surface area (Å²) in [5.74, 6) is -1.17. The van der Waals surface area contributed by atoms with Crippen LogP contribution in [0.1, 0.15) is 47.5 Å². The van der Waals surface area contributed by atoms with E-state index in [0.29, 0.717) is 5.75 Å². The summed E-state index contributed by atoms with van der Waals surface area (Å²) in [6.45, 7) is 3.72. The predicted octanol–water partition coefficient (Wildman–Crippen LogP) is 6.90. The second kappa shape index (κ2) is 17.0. The highest BCUT2D eigenvalue weighted by atomic mass is 127. The van der Waals surface area contributed by atoms with Gasteiger partial charge in [0.2, 0.25) is 11.8 Å². The van der Waals surface area contributed by atoms with Crippen molar-refractivity contribution < 1.29 is 19.1 Å². The van der Waals surface area contributed by atoms with E-state index in [0.717, 1.165) is 22.3 Å². The van der Waals surface area contributed by atoms with Crippen molar-refractivity contribution in [3.05, 3.63) is 144 Å². The van der Waals surface area contributed by atoms with Crippen LogP contribution in [-0.4, -0.2) is 40.0 Å². The summed E-state index contributed by atoms with van der Waals surface area (Å²) in [7, 11) is 0. The lowest BCUT2D eigenvalue weighted by atomic mass is 10.0. The highest BCUT2D eigenvalue weighted by molar-refractivity contribution is 14.1. The van der Waals surface area contributed by atoms with Crippen molar-refractivity contribution in [3.8, 4) is 0 Å². The molecule has 0 aromatic heterocycles. The SMILES string of the molecule is CC(C)[C@@H](NC(=O)[C@H](CSC(c1ccccc1)c1ccccc1)NC(=O)CI)C(=O)OC(c1ccccc1)c1ccccc1. The number of hydrogen-bond acceptors (Lipinski definition) is 5. The number of amides is 2. The molecule has 6 nitrogen and oxygen atoms in total. The first kappa shape index (κ1) is 33.3. The fourth-order valence-corrected chi connectivity index (χ4v) is 6.31. The van der Waals surface area contributed by atoms with Gasteiger partial charge in [0.15, 0.2) is 6.10 Å². The van der Waals surface area contributed by atoms with E-state index < -0.39 is 30.1 Å². The van der Waals surface area contributed by atoms with E-state index in [1.54, 1.807) is 11.8 Å². The van der Waals surface area contributed by atoms with Crippen molar-refractivity contribution in [3.63, 3.8) is 0 Å². The number of benzene rings is 4. The zero-order valence-electron chi connectivity index (χ0n) is 24.8. The van der Waals surface area contributed by atoms with Crippen LogP contribution in [0.3, 0.4) is 0 Å². The lowest BCUT2D eigenvalue weighted by Crippen LogP contribution is -2.54. The fraction of sp³-hybridized carbons (Fsp3) is 0.250. The lowest BCUT2D eigenvalue weighted by Gasteiger charge is -2.28. The Balaban J connectivity index is 1.53. The molecule has 0 bridgehead atoms. The molecule has 0 aliphatic heterocycles. The Morgan fingerprint density at radius 1 is 0.682 bits per heavy atom. The van der Waals surface area contributed by atoms with Gasteiger partial charge in [0.1, 0.15) is 12.1 Å². The fourth-order valence-electron chi connectivity index (χ4n) is 4.77.